The molecule has 0 saturated heterocycles. The molecule has 6 nitrogen and oxygen atoms in total. The molecule has 0 aromatic carbocycles. The lowest BCUT2D eigenvalue weighted by molar-refractivity contribution is -0.176. The number of carbonyl (C=O) groups excluding carboxylic acids is 1. The number of carboxylic acids is 1. The number of hydrogen-bond acceptors (Lipinski definition) is 5. The number of rotatable bonds is 1. The Morgan fingerprint density at radius 2 is 2.00 bits per heavy atom. The van der Waals surface area contributed by atoms with Gasteiger partial charge in [0.05, 0.1) is 6.10 Å². The third-order valence-electron chi connectivity index (χ3n) is 2.11. The van der Waals surface area contributed by atoms with E-state index in [9.17, 15) is 14.7 Å². The molecule has 3 atom stereocenters. The highest BCUT2D eigenvalue weighted by Crippen LogP contribution is 2.26. The summed E-state index contributed by atoms with van der Waals surface area (Å²) >= 11 is 0. The molecule has 0 aliphatic heterocycles. The number of aliphatic carboxylic acids is 1. The van der Waals surface area contributed by atoms with Gasteiger partial charge in [0, 0.05) is 12.8 Å². The number of carbonyl (C=O) groups is 2. The molecule has 1 aliphatic carbocycles. The normalized spacial score (nSPS) is 40.4. The van der Waals surface area contributed by atoms with Crippen molar-refractivity contribution < 1.29 is 30.0 Å². The van der Waals surface area contributed by atoms with Crippen molar-refractivity contribution in [2.24, 2.45) is 0 Å². The number of ketones is 1. The minimum Gasteiger partial charge on any atom is -0.479 e. The summed E-state index contributed by atoms with van der Waals surface area (Å²) in [5.74, 6) is -2.42. The zero-order valence-corrected chi connectivity index (χ0v) is 6.67. The molecule has 0 spiro atoms. The van der Waals surface area contributed by atoms with E-state index in [2.05, 4.69) is 0 Å². The zero-order chi connectivity index (χ0) is 10.2. The fourth-order valence-electron chi connectivity index (χ4n) is 1.30. The molecule has 0 heterocycles. The van der Waals surface area contributed by atoms with Crippen LogP contribution < -0.4 is 0 Å². The molecule has 0 aromatic rings. The molecule has 4 N–H and O–H groups in total. The van der Waals surface area contributed by atoms with Crippen LogP contribution in [0.15, 0.2) is 0 Å². The van der Waals surface area contributed by atoms with Crippen molar-refractivity contribution in [3.63, 3.8) is 0 Å². The van der Waals surface area contributed by atoms with Crippen LogP contribution in [-0.2, 0) is 9.59 Å². The summed E-state index contributed by atoms with van der Waals surface area (Å²) in [5.41, 5.74) is -2.24. The van der Waals surface area contributed by atoms with Crippen molar-refractivity contribution >= 4 is 11.8 Å². The first kappa shape index (κ1) is 10.1. The van der Waals surface area contributed by atoms with Gasteiger partial charge in [-0.05, 0) is 0 Å². The quantitative estimate of drug-likeness (QED) is 0.376. The van der Waals surface area contributed by atoms with Gasteiger partial charge in [0.1, 0.15) is 6.10 Å². The maximum atomic E-state index is 10.9. The van der Waals surface area contributed by atoms with Crippen molar-refractivity contribution in [1.82, 2.24) is 0 Å². The molecule has 6 heteroatoms. The maximum Gasteiger partial charge on any atom is 0.336 e. The summed E-state index contributed by atoms with van der Waals surface area (Å²) in [6.07, 6.45) is -4.29. The van der Waals surface area contributed by atoms with Gasteiger partial charge in [-0.1, -0.05) is 0 Å². The third kappa shape index (κ3) is 1.69. The molecule has 74 valence electrons. The van der Waals surface area contributed by atoms with Crippen molar-refractivity contribution in [3.8, 4) is 0 Å². The van der Waals surface area contributed by atoms with Crippen LogP contribution in [0.25, 0.3) is 0 Å². The number of carboxylic acid groups (broad SMARTS) is 1. The summed E-state index contributed by atoms with van der Waals surface area (Å²) in [6.45, 7) is 0. The van der Waals surface area contributed by atoms with Gasteiger partial charge in [-0.15, -0.1) is 0 Å². The van der Waals surface area contributed by atoms with Gasteiger partial charge in [-0.3, -0.25) is 4.79 Å². The molecule has 1 fully saturated rings. The number of aliphatic hydroxyl groups is 3. The predicted molar refractivity (Wildman–Crippen MR) is 38.8 cm³/mol. The topological polar surface area (TPSA) is 115 Å². The number of aliphatic hydroxyl groups excluding tert-OH is 2. The van der Waals surface area contributed by atoms with Crippen LogP contribution in [0.2, 0.25) is 0 Å². The first-order valence-electron chi connectivity index (χ1n) is 3.71. The Morgan fingerprint density at radius 1 is 1.46 bits per heavy atom. The minimum atomic E-state index is -2.24. The van der Waals surface area contributed by atoms with E-state index in [1.54, 1.807) is 0 Å². The van der Waals surface area contributed by atoms with Crippen LogP contribution in [0.1, 0.15) is 12.8 Å². The van der Waals surface area contributed by atoms with E-state index < -0.39 is 42.4 Å². The summed E-state index contributed by atoms with van der Waals surface area (Å²) < 4.78 is 0. The second kappa shape index (κ2) is 3.06. The Kier molecular flexibility index (Phi) is 2.38. The molecule has 13 heavy (non-hydrogen) atoms. The van der Waals surface area contributed by atoms with Gasteiger partial charge in [0.15, 0.2) is 11.4 Å². The van der Waals surface area contributed by atoms with E-state index in [1.165, 1.54) is 0 Å². The van der Waals surface area contributed by atoms with Gasteiger partial charge in [0.25, 0.3) is 0 Å². The molecule has 1 saturated carbocycles. The second-order valence-corrected chi connectivity index (χ2v) is 3.20. The van der Waals surface area contributed by atoms with Crippen LogP contribution in [-0.4, -0.2) is 50.0 Å². The van der Waals surface area contributed by atoms with E-state index in [1.807, 2.05) is 0 Å². The van der Waals surface area contributed by atoms with Crippen LogP contribution in [0.3, 0.4) is 0 Å². The van der Waals surface area contributed by atoms with E-state index >= 15 is 0 Å². The average Bonchev–Trinajstić information content (AvgIpc) is 2.00. The standard InChI is InChI=1S/C7H10O6/c8-3-1-7(13,6(11)12)2-4(9)5(3)10/h3,5,8,10,13H,1-2H2,(H,11,12)/t3-,5?,7?/m1/s1. The van der Waals surface area contributed by atoms with Crippen molar-refractivity contribution in [2.45, 2.75) is 30.7 Å². The Hall–Kier alpha value is -0.980. The number of hydrogen-bond donors (Lipinski definition) is 4. The largest absolute Gasteiger partial charge is 0.479 e. The van der Waals surface area contributed by atoms with Crippen molar-refractivity contribution in [3.05, 3.63) is 0 Å². The molecule has 1 aliphatic rings. The highest BCUT2D eigenvalue weighted by molar-refractivity contribution is 5.92. The Morgan fingerprint density at radius 3 is 2.38 bits per heavy atom. The lowest BCUT2D eigenvalue weighted by Crippen LogP contribution is -2.54. The monoisotopic (exact) mass is 190 g/mol. The fourth-order valence-corrected chi connectivity index (χ4v) is 1.30. The average molecular weight is 190 g/mol. The smallest absolute Gasteiger partial charge is 0.336 e. The SMILES string of the molecule is O=C1CC(O)(C(=O)O)C[C@@H](O)C1O. The van der Waals surface area contributed by atoms with Gasteiger partial charge in [0.2, 0.25) is 0 Å². The Labute approximate surface area is 73.4 Å². The minimum absolute atomic E-state index is 0.532. The first-order valence-corrected chi connectivity index (χ1v) is 3.71. The molecule has 0 amide bonds. The van der Waals surface area contributed by atoms with Crippen LogP contribution >= 0.6 is 0 Å². The highest BCUT2D eigenvalue weighted by Gasteiger charge is 2.48. The lowest BCUT2D eigenvalue weighted by Gasteiger charge is -2.32. The summed E-state index contributed by atoms with van der Waals surface area (Å²) in [5, 5.41) is 35.8. The van der Waals surface area contributed by atoms with Gasteiger partial charge >= 0.3 is 5.97 Å². The summed E-state index contributed by atoms with van der Waals surface area (Å²) in [6, 6.07) is 0. The number of Topliss-reactive ketones (excluding diaryl/α,β-unsaturated/α-hetero) is 1. The molecule has 0 bridgehead atoms. The third-order valence-corrected chi connectivity index (χ3v) is 2.11. The van der Waals surface area contributed by atoms with Gasteiger partial charge in [-0.2, -0.15) is 0 Å². The molecule has 0 radical (unpaired) electrons. The van der Waals surface area contributed by atoms with Gasteiger partial charge < -0.3 is 20.4 Å². The fraction of sp³-hybridized carbons (Fsp3) is 0.714. The summed E-state index contributed by atoms with van der Waals surface area (Å²) in [4.78, 5) is 21.4. The molecular formula is C7H10O6. The van der Waals surface area contributed by atoms with Crippen LogP contribution in [0.5, 0.6) is 0 Å². The molecule has 2 unspecified atom stereocenters. The molecule has 0 aromatic heterocycles. The Bertz CT molecular complexity index is 249. The first-order chi connectivity index (χ1) is 5.87. The van der Waals surface area contributed by atoms with Crippen LogP contribution in [0.4, 0.5) is 0 Å². The lowest BCUT2D eigenvalue weighted by atomic mass is 9.81. The molecule has 1 rings (SSSR count). The zero-order valence-electron chi connectivity index (χ0n) is 6.67. The van der Waals surface area contributed by atoms with Crippen molar-refractivity contribution in [2.75, 3.05) is 0 Å². The van der Waals surface area contributed by atoms with Gasteiger partial charge in [-0.25, -0.2) is 4.79 Å². The summed E-state index contributed by atoms with van der Waals surface area (Å²) in [7, 11) is 0. The molecular weight excluding hydrogens is 180 g/mol. The van der Waals surface area contributed by atoms with E-state index in [0.717, 1.165) is 0 Å². The van der Waals surface area contributed by atoms with E-state index in [-0.39, 0.29) is 0 Å². The maximum absolute atomic E-state index is 10.9. The predicted octanol–water partition coefficient (Wildman–Crippen LogP) is -2.11. The second-order valence-electron chi connectivity index (χ2n) is 3.20. The van der Waals surface area contributed by atoms with E-state index in [0.29, 0.717) is 0 Å². The highest BCUT2D eigenvalue weighted by atomic mass is 16.4. The van der Waals surface area contributed by atoms with Crippen LogP contribution in [0, 0.1) is 0 Å². The Balaban J connectivity index is 2.85. The van der Waals surface area contributed by atoms with Crippen molar-refractivity contribution in [1.29, 1.82) is 0 Å². The van der Waals surface area contributed by atoms with E-state index in [4.69, 9.17) is 15.3 Å².